The van der Waals surface area contributed by atoms with Gasteiger partial charge in [-0.05, 0) is 18.6 Å². The number of halogens is 4. The molecule has 1 aromatic rings. The number of hydrogen-bond donors (Lipinski definition) is 0. The molecule has 0 heterocycles. The number of benzene rings is 1. The number of alkyl halides is 4. The summed E-state index contributed by atoms with van der Waals surface area (Å²) in [5.74, 6) is -1.35. The summed E-state index contributed by atoms with van der Waals surface area (Å²) >= 11 is 3.13. The van der Waals surface area contributed by atoms with E-state index in [4.69, 9.17) is 10.00 Å². The molecule has 0 saturated carbocycles. The predicted octanol–water partition coefficient (Wildman–Crippen LogP) is 3.46. The summed E-state index contributed by atoms with van der Waals surface area (Å²) in [4.78, 5) is 11.5. The number of hydrogen-bond acceptors (Lipinski definition) is 4. The van der Waals surface area contributed by atoms with E-state index in [2.05, 4.69) is 20.7 Å². The molecule has 0 aliphatic heterocycles. The van der Waals surface area contributed by atoms with Gasteiger partial charge in [-0.15, -0.1) is 13.2 Å². The summed E-state index contributed by atoms with van der Waals surface area (Å²) in [7, 11) is 0. The van der Waals surface area contributed by atoms with Crippen LogP contribution in [0.15, 0.2) is 12.1 Å². The van der Waals surface area contributed by atoms with E-state index in [1.54, 1.807) is 13.0 Å². The van der Waals surface area contributed by atoms with E-state index in [9.17, 15) is 18.0 Å². The van der Waals surface area contributed by atoms with Crippen molar-refractivity contribution in [3.05, 3.63) is 28.8 Å². The SMILES string of the molecule is CCOC(=O)Cc1c(CBr)ccc(C#N)c1OC(F)(F)F. The van der Waals surface area contributed by atoms with E-state index in [1.165, 1.54) is 12.1 Å². The second-order valence-electron chi connectivity index (χ2n) is 3.85. The molecule has 0 radical (unpaired) electrons. The van der Waals surface area contributed by atoms with Gasteiger partial charge < -0.3 is 9.47 Å². The largest absolute Gasteiger partial charge is 0.573 e. The van der Waals surface area contributed by atoms with Crippen LogP contribution in [0.25, 0.3) is 0 Å². The van der Waals surface area contributed by atoms with E-state index in [0.29, 0.717) is 5.56 Å². The Morgan fingerprint density at radius 2 is 2.10 bits per heavy atom. The van der Waals surface area contributed by atoms with Gasteiger partial charge in [0.05, 0.1) is 18.6 Å². The number of carbonyl (C=O) groups is 1. The zero-order valence-electron chi connectivity index (χ0n) is 11.0. The van der Waals surface area contributed by atoms with Crippen molar-refractivity contribution in [3.63, 3.8) is 0 Å². The summed E-state index contributed by atoms with van der Waals surface area (Å²) in [6, 6.07) is 4.30. The second kappa shape index (κ2) is 7.31. The van der Waals surface area contributed by atoms with Crippen LogP contribution in [-0.2, 0) is 21.3 Å². The molecule has 1 rings (SSSR count). The quantitative estimate of drug-likeness (QED) is 0.592. The van der Waals surface area contributed by atoms with Gasteiger partial charge in [-0.3, -0.25) is 4.79 Å². The fourth-order valence-electron chi connectivity index (χ4n) is 1.66. The molecule has 0 unspecified atom stereocenters. The molecule has 0 aromatic heterocycles. The molecule has 21 heavy (non-hydrogen) atoms. The molecule has 4 nitrogen and oxygen atoms in total. The van der Waals surface area contributed by atoms with Crippen LogP contribution in [0.2, 0.25) is 0 Å². The molecular weight excluding hydrogens is 355 g/mol. The molecule has 0 aliphatic rings. The Kier molecular flexibility index (Phi) is 6.03. The van der Waals surface area contributed by atoms with E-state index in [1.807, 2.05) is 0 Å². The van der Waals surface area contributed by atoms with Crippen LogP contribution in [0.4, 0.5) is 13.2 Å². The van der Waals surface area contributed by atoms with E-state index < -0.39 is 24.5 Å². The monoisotopic (exact) mass is 365 g/mol. The Morgan fingerprint density at radius 3 is 2.57 bits per heavy atom. The van der Waals surface area contributed by atoms with Crippen LogP contribution in [0.5, 0.6) is 5.75 Å². The highest BCUT2D eigenvalue weighted by Gasteiger charge is 2.34. The summed E-state index contributed by atoms with van der Waals surface area (Å²) in [6.07, 6.45) is -5.37. The van der Waals surface area contributed by atoms with Gasteiger partial charge in [-0.25, -0.2) is 0 Å². The minimum atomic E-state index is -4.96. The molecule has 1 aromatic carbocycles. The number of nitriles is 1. The van der Waals surface area contributed by atoms with Crippen LogP contribution in [0.1, 0.15) is 23.6 Å². The van der Waals surface area contributed by atoms with Crippen LogP contribution < -0.4 is 4.74 Å². The summed E-state index contributed by atoms with van der Waals surface area (Å²) < 4.78 is 46.2. The van der Waals surface area contributed by atoms with Crippen LogP contribution >= 0.6 is 15.9 Å². The molecular formula is C13H11BrF3NO3. The van der Waals surface area contributed by atoms with Gasteiger partial charge >= 0.3 is 12.3 Å². The lowest BCUT2D eigenvalue weighted by Crippen LogP contribution is -2.20. The predicted molar refractivity (Wildman–Crippen MR) is 70.8 cm³/mol. The minimum Gasteiger partial charge on any atom is -0.466 e. The first kappa shape index (κ1) is 17.3. The maximum atomic E-state index is 12.5. The van der Waals surface area contributed by atoms with Crippen molar-refractivity contribution in [2.24, 2.45) is 0 Å². The number of nitrogens with zero attached hydrogens (tertiary/aromatic N) is 1. The number of rotatable bonds is 5. The van der Waals surface area contributed by atoms with E-state index >= 15 is 0 Å². The normalized spacial score (nSPS) is 10.9. The van der Waals surface area contributed by atoms with Crippen LogP contribution in [0.3, 0.4) is 0 Å². The Bertz CT molecular complexity index is 567. The third-order valence-electron chi connectivity index (χ3n) is 2.47. The molecule has 0 aliphatic carbocycles. The van der Waals surface area contributed by atoms with Crippen molar-refractivity contribution < 1.29 is 27.4 Å². The molecule has 0 bridgehead atoms. The average Bonchev–Trinajstić information content (AvgIpc) is 2.39. The van der Waals surface area contributed by atoms with E-state index in [0.717, 1.165) is 0 Å². The third-order valence-corrected chi connectivity index (χ3v) is 3.07. The topological polar surface area (TPSA) is 59.3 Å². The van der Waals surface area contributed by atoms with Crippen LogP contribution in [0, 0.1) is 11.3 Å². The maximum absolute atomic E-state index is 12.5. The molecule has 0 saturated heterocycles. The zero-order chi connectivity index (χ0) is 16.0. The third kappa shape index (κ3) is 4.93. The van der Waals surface area contributed by atoms with Gasteiger partial charge in [0.2, 0.25) is 0 Å². The lowest BCUT2D eigenvalue weighted by atomic mass is 10.0. The van der Waals surface area contributed by atoms with Gasteiger partial charge in [0, 0.05) is 10.9 Å². The molecule has 0 amide bonds. The number of ether oxygens (including phenoxy) is 2. The summed E-state index contributed by atoms with van der Waals surface area (Å²) in [6.45, 7) is 1.69. The first-order valence-corrected chi connectivity index (χ1v) is 6.96. The lowest BCUT2D eigenvalue weighted by molar-refractivity contribution is -0.275. The standard InChI is InChI=1S/C13H11BrF3NO3/c1-2-20-11(19)5-10-8(6-14)3-4-9(7-18)12(10)21-13(15,16)17/h3-4H,2,5-6H2,1H3. The Labute approximate surface area is 127 Å². The first-order chi connectivity index (χ1) is 9.82. The van der Waals surface area contributed by atoms with Gasteiger partial charge in [0.1, 0.15) is 6.07 Å². The molecule has 0 spiro atoms. The van der Waals surface area contributed by atoms with Crippen molar-refractivity contribution in [2.75, 3.05) is 6.61 Å². The van der Waals surface area contributed by atoms with Gasteiger partial charge in [0.25, 0.3) is 0 Å². The van der Waals surface area contributed by atoms with Crippen molar-refractivity contribution >= 4 is 21.9 Å². The Morgan fingerprint density at radius 1 is 1.43 bits per heavy atom. The van der Waals surface area contributed by atoms with Gasteiger partial charge in [-0.1, -0.05) is 22.0 Å². The first-order valence-electron chi connectivity index (χ1n) is 5.84. The fraction of sp³-hybridized carbons (Fsp3) is 0.385. The number of esters is 1. The van der Waals surface area contributed by atoms with Crippen molar-refractivity contribution in [1.82, 2.24) is 0 Å². The zero-order valence-corrected chi connectivity index (χ0v) is 12.5. The average molecular weight is 366 g/mol. The molecule has 0 N–H and O–H groups in total. The highest BCUT2D eigenvalue weighted by molar-refractivity contribution is 9.08. The Balaban J connectivity index is 3.34. The fourth-order valence-corrected chi connectivity index (χ4v) is 2.19. The van der Waals surface area contributed by atoms with Crippen LogP contribution in [-0.4, -0.2) is 18.9 Å². The van der Waals surface area contributed by atoms with Gasteiger partial charge in [0.15, 0.2) is 5.75 Å². The van der Waals surface area contributed by atoms with Crippen molar-refractivity contribution in [3.8, 4) is 11.8 Å². The van der Waals surface area contributed by atoms with Gasteiger partial charge in [-0.2, -0.15) is 5.26 Å². The highest BCUT2D eigenvalue weighted by atomic mass is 79.9. The molecule has 114 valence electrons. The summed E-state index contributed by atoms with van der Waals surface area (Å²) in [5, 5.41) is 9.13. The lowest BCUT2D eigenvalue weighted by Gasteiger charge is -2.17. The maximum Gasteiger partial charge on any atom is 0.573 e. The highest BCUT2D eigenvalue weighted by Crippen LogP contribution is 2.33. The van der Waals surface area contributed by atoms with E-state index in [-0.39, 0.29) is 23.1 Å². The summed E-state index contributed by atoms with van der Waals surface area (Å²) in [5.41, 5.74) is 0.110. The smallest absolute Gasteiger partial charge is 0.466 e. The van der Waals surface area contributed by atoms with Crippen molar-refractivity contribution in [2.45, 2.75) is 25.0 Å². The number of carbonyl (C=O) groups excluding carboxylic acids is 1. The molecule has 0 fully saturated rings. The molecule has 0 atom stereocenters. The Hall–Kier alpha value is -1.75. The second-order valence-corrected chi connectivity index (χ2v) is 4.42. The molecule has 8 heteroatoms. The minimum absolute atomic E-state index is 0.0123. The van der Waals surface area contributed by atoms with Crippen molar-refractivity contribution in [1.29, 1.82) is 5.26 Å².